The first-order chi connectivity index (χ1) is 14.8. The van der Waals surface area contributed by atoms with E-state index in [1.165, 1.54) is 36.4 Å². The molecule has 156 valence electrons. The van der Waals surface area contributed by atoms with Crippen molar-refractivity contribution in [1.29, 1.82) is 0 Å². The first kappa shape index (κ1) is 19.6. The molecule has 1 saturated heterocycles. The number of nitrogens with zero attached hydrogens (tertiary/aromatic N) is 5. The van der Waals surface area contributed by atoms with E-state index in [9.17, 15) is 4.79 Å². The summed E-state index contributed by atoms with van der Waals surface area (Å²) in [6.07, 6.45) is 11.0. The lowest BCUT2D eigenvalue weighted by Gasteiger charge is -2.24. The molecule has 2 fully saturated rings. The van der Waals surface area contributed by atoms with Gasteiger partial charge in [-0.05, 0) is 50.4 Å². The predicted molar refractivity (Wildman–Crippen MR) is 118 cm³/mol. The molecule has 0 spiro atoms. The second-order valence-electron chi connectivity index (χ2n) is 8.41. The molecule has 0 bridgehead atoms. The Labute approximate surface area is 180 Å². The lowest BCUT2D eigenvalue weighted by molar-refractivity contribution is 0.215. The summed E-state index contributed by atoms with van der Waals surface area (Å²) in [5.74, 6) is 0.677. The van der Waals surface area contributed by atoms with Crippen LogP contribution in [0.5, 0.6) is 0 Å². The smallest absolute Gasteiger partial charge is 0.266 e. The van der Waals surface area contributed by atoms with Gasteiger partial charge in [0.2, 0.25) is 0 Å². The molecule has 7 heteroatoms. The summed E-state index contributed by atoms with van der Waals surface area (Å²) >= 11 is 1.83. The Morgan fingerprint density at radius 1 is 1.10 bits per heavy atom. The fraction of sp³-hybridized carbons (Fsp3) is 0.478. The van der Waals surface area contributed by atoms with E-state index in [-0.39, 0.29) is 5.56 Å². The summed E-state index contributed by atoms with van der Waals surface area (Å²) in [6, 6.07) is 7.57. The largest absolute Gasteiger partial charge is 0.293 e. The zero-order valence-electron chi connectivity index (χ0n) is 17.1. The van der Waals surface area contributed by atoms with Gasteiger partial charge in [0, 0.05) is 47.9 Å². The number of hydrogen-bond acceptors (Lipinski definition) is 6. The molecular weight excluding hydrogens is 394 g/mol. The maximum atomic E-state index is 12.5. The lowest BCUT2D eigenvalue weighted by Crippen LogP contribution is -2.36. The third-order valence-corrected chi connectivity index (χ3v) is 7.40. The van der Waals surface area contributed by atoms with Crippen LogP contribution in [0.3, 0.4) is 0 Å². The van der Waals surface area contributed by atoms with Crippen LogP contribution in [0.15, 0.2) is 46.8 Å². The molecule has 2 aliphatic rings. The summed E-state index contributed by atoms with van der Waals surface area (Å²) < 4.78 is 1.62. The highest BCUT2D eigenvalue weighted by atomic mass is 32.1. The molecule has 1 atom stereocenters. The van der Waals surface area contributed by atoms with E-state index >= 15 is 0 Å². The quantitative estimate of drug-likeness (QED) is 0.600. The molecule has 0 N–H and O–H groups in total. The molecule has 5 rings (SSSR count). The standard InChI is InChI=1S/C23H27N5OS/c29-22-10-9-21(18-7-3-11-24-13-18)26-28(22)15-20-8-4-12-27(20)14-19-16-30-23(25-19)17-5-1-2-6-17/h3,7,9-11,13,16-17,20H,1-2,4-6,8,12,14-15H2. The Morgan fingerprint density at radius 3 is 2.83 bits per heavy atom. The molecule has 1 saturated carbocycles. The molecule has 6 nitrogen and oxygen atoms in total. The summed E-state index contributed by atoms with van der Waals surface area (Å²) in [4.78, 5) is 24.1. The van der Waals surface area contributed by atoms with E-state index in [0.717, 1.165) is 37.2 Å². The predicted octanol–water partition coefficient (Wildman–Crippen LogP) is 4.08. The van der Waals surface area contributed by atoms with Crippen LogP contribution in [-0.4, -0.2) is 37.2 Å². The van der Waals surface area contributed by atoms with E-state index in [1.807, 2.05) is 23.5 Å². The van der Waals surface area contributed by atoms with E-state index in [4.69, 9.17) is 4.98 Å². The van der Waals surface area contributed by atoms with Gasteiger partial charge in [-0.3, -0.25) is 14.7 Å². The number of likely N-dealkylation sites (tertiary alicyclic amines) is 1. The van der Waals surface area contributed by atoms with E-state index in [0.29, 0.717) is 18.5 Å². The number of pyridine rings is 1. The van der Waals surface area contributed by atoms with Crippen LogP contribution in [0.1, 0.15) is 55.1 Å². The summed E-state index contributed by atoms with van der Waals surface area (Å²) in [6.45, 7) is 2.54. The van der Waals surface area contributed by atoms with Crippen molar-refractivity contribution in [3.05, 3.63) is 63.1 Å². The molecule has 3 aromatic heterocycles. The highest BCUT2D eigenvalue weighted by molar-refractivity contribution is 7.09. The Bertz CT molecular complexity index is 1040. The molecule has 0 radical (unpaired) electrons. The van der Waals surface area contributed by atoms with Gasteiger partial charge in [0.25, 0.3) is 5.56 Å². The number of thiazole rings is 1. The van der Waals surface area contributed by atoms with Gasteiger partial charge < -0.3 is 0 Å². The Balaban J connectivity index is 1.29. The van der Waals surface area contributed by atoms with Crippen molar-refractivity contribution < 1.29 is 0 Å². The second kappa shape index (κ2) is 8.78. The monoisotopic (exact) mass is 421 g/mol. The zero-order chi connectivity index (χ0) is 20.3. The molecule has 4 heterocycles. The maximum Gasteiger partial charge on any atom is 0.266 e. The van der Waals surface area contributed by atoms with Crippen LogP contribution in [-0.2, 0) is 13.1 Å². The maximum absolute atomic E-state index is 12.5. The van der Waals surface area contributed by atoms with Gasteiger partial charge >= 0.3 is 0 Å². The minimum absolute atomic E-state index is 0.0494. The molecule has 0 amide bonds. The fourth-order valence-corrected chi connectivity index (χ4v) is 5.70. The average Bonchev–Trinajstić information content (AvgIpc) is 3.53. The average molecular weight is 422 g/mol. The SMILES string of the molecule is O=c1ccc(-c2cccnc2)nn1CC1CCCN1Cc1csc(C2CCCC2)n1. The van der Waals surface area contributed by atoms with Gasteiger partial charge in [0.1, 0.15) is 0 Å². The third kappa shape index (κ3) is 4.23. The van der Waals surface area contributed by atoms with Gasteiger partial charge in [0.05, 0.1) is 22.9 Å². The summed E-state index contributed by atoms with van der Waals surface area (Å²) in [5.41, 5.74) is 2.84. The lowest BCUT2D eigenvalue weighted by atomic mass is 10.1. The van der Waals surface area contributed by atoms with Crippen LogP contribution >= 0.6 is 11.3 Å². The topological polar surface area (TPSA) is 63.9 Å². The molecule has 1 unspecified atom stereocenters. The molecular formula is C23H27N5OS. The van der Waals surface area contributed by atoms with Gasteiger partial charge in [-0.25, -0.2) is 9.67 Å². The van der Waals surface area contributed by atoms with Crippen LogP contribution in [0.4, 0.5) is 0 Å². The van der Waals surface area contributed by atoms with E-state index in [2.05, 4.69) is 20.4 Å². The molecule has 0 aromatic carbocycles. The first-order valence-corrected chi connectivity index (χ1v) is 11.8. The second-order valence-corrected chi connectivity index (χ2v) is 9.30. The van der Waals surface area contributed by atoms with Crippen molar-refractivity contribution in [1.82, 2.24) is 24.6 Å². The van der Waals surface area contributed by atoms with Crippen LogP contribution < -0.4 is 5.56 Å². The molecule has 1 aliphatic heterocycles. The van der Waals surface area contributed by atoms with Crippen molar-refractivity contribution in [2.24, 2.45) is 0 Å². The van der Waals surface area contributed by atoms with E-state index in [1.54, 1.807) is 29.2 Å². The number of rotatable bonds is 6. The Hall–Kier alpha value is -2.38. The van der Waals surface area contributed by atoms with Gasteiger partial charge in [-0.15, -0.1) is 11.3 Å². The fourth-order valence-electron chi connectivity index (χ4n) is 4.72. The van der Waals surface area contributed by atoms with Gasteiger partial charge in [-0.2, -0.15) is 5.10 Å². The van der Waals surface area contributed by atoms with Gasteiger partial charge in [0.15, 0.2) is 0 Å². The summed E-state index contributed by atoms with van der Waals surface area (Å²) in [7, 11) is 0. The Kier molecular flexibility index (Phi) is 5.73. The van der Waals surface area contributed by atoms with Crippen LogP contribution in [0, 0.1) is 0 Å². The first-order valence-electron chi connectivity index (χ1n) is 10.9. The normalized spacial score (nSPS) is 20.2. The Morgan fingerprint density at radius 2 is 2.00 bits per heavy atom. The zero-order valence-corrected chi connectivity index (χ0v) is 17.9. The molecule has 3 aromatic rings. The minimum Gasteiger partial charge on any atom is -0.293 e. The van der Waals surface area contributed by atoms with Gasteiger partial charge in [-0.1, -0.05) is 12.8 Å². The highest BCUT2D eigenvalue weighted by Crippen LogP contribution is 2.36. The van der Waals surface area contributed by atoms with Crippen LogP contribution in [0.2, 0.25) is 0 Å². The minimum atomic E-state index is -0.0494. The summed E-state index contributed by atoms with van der Waals surface area (Å²) in [5, 5.41) is 8.18. The number of aromatic nitrogens is 4. The van der Waals surface area contributed by atoms with Crippen LogP contribution in [0.25, 0.3) is 11.3 Å². The molecule has 1 aliphatic carbocycles. The molecule has 30 heavy (non-hydrogen) atoms. The van der Waals surface area contributed by atoms with Crippen molar-refractivity contribution in [2.45, 2.75) is 63.6 Å². The van der Waals surface area contributed by atoms with Crippen molar-refractivity contribution in [2.75, 3.05) is 6.54 Å². The highest BCUT2D eigenvalue weighted by Gasteiger charge is 2.27. The third-order valence-electron chi connectivity index (χ3n) is 6.35. The number of hydrogen-bond donors (Lipinski definition) is 0. The van der Waals surface area contributed by atoms with Crippen molar-refractivity contribution >= 4 is 11.3 Å². The van der Waals surface area contributed by atoms with Crippen molar-refractivity contribution in [3.63, 3.8) is 0 Å². The van der Waals surface area contributed by atoms with E-state index < -0.39 is 0 Å². The van der Waals surface area contributed by atoms with Crippen molar-refractivity contribution in [3.8, 4) is 11.3 Å².